The fraction of sp³-hybridized carbons (Fsp3) is 0.412. The van der Waals surface area contributed by atoms with Gasteiger partial charge in [-0.25, -0.2) is 4.98 Å². The van der Waals surface area contributed by atoms with E-state index in [4.69, 9.17) is 9.72 Å². The topological polar surface area (TPSA) is 39.2 Å². The minimum absolute atomic E-state index is 0.133. The molecule has 0 saturated heterocycles. The molecule has 1 aliphatic rings. The molecule has 3 nitrogen and oxygen atoms in total. The number of benzene rings is 1. The lowest BCUT2D eigenvalue weighted by atomic mass is 9.97. The SMILES string of the molecule is CCOC(=O)CCc1csc(C2(c3ccccc3)CC2)n1. The van der Waals surface area contributed by atoms with E-state index in [1.807, 2.05) is 13.0 Å². The summed E-state index contributed by atoms with van der Waals surface area (Å²) in [6.45, 7) is 2.27. The Bertz CT molecular complexity index is 617. The van der Waals surface area contributed by atoms with Crippen LogP contribution in [0.1, 0.15) is 42.5 Å². The molecule has 1 saturated carbocycles. The average molecular weight is 301 g/mol. The number of thiazole rings is 1. The third kappa shape index (κ3) is 3.00. The first-order valence-electron chi connectivity index (χ1n) is 7.40. The number of hydrogen-bond acceptors (Lipinski definition) is 4. The van der Waals surface area contributed by atoms with Crippen LogP contribution < -0.4 is 0 Å². The van der Waals surface area contributed by atoms with E-state index in [9.17, 15) is 4.79 Å². The zero-order valence-electron chi connectivity index (χ0n) is 12.2. The molecule has 0 aliphatic heterocycles. The maximum Gasteiger partial charge on any atom is 0.306 e. The molecule has 1 heterocycles. The summed E-state index contributed by atoms with van der Waals surface area (Å²) in [5.41, 5.74) is 2.50. The molecule has 0 spiro atoms. The van der Waals surface area contributed by atoms with Gasteiger partial charge in [0.2, 0.25) is 0 Å². The van der Waals surface area contributed by atoms with Gasteiger partial charge in [-0.2, -0.15) is 0 Å². The fourth-order valence-electron chi connectivity index (χ4n) is 2.61. The van der Waals surface area contributed by atoms with E-state index in [0.29, 0.717) is 19.4 Å². The summed E-state index contributed by atoms with van der Waals surface area (Å²) < 4.78 is 4.96. The molecule has 0 N–H and O–H groups in total. The smallest absolute Gasteiger partial charge is 0.306 e. The quantitative estimate of drug-likeness (QED) is 0.763. The standard InChI is InChI=1S/C17H19NO2S/c1-2-20-15(19)9-8-14-12-21-16(18-14)17(10-11-17)13-6-4-3-5-7-13/h3-7,12H,2,8-11H2,1H3. The second-order valence-corrected chi connectivity index (χ2v) is 6.26. The van der Waals surface area contributed by atoms with Crippen molar-refractivity contribution in [3.8, 4) is 0 Å². The largest absolute Gasteiger partial charge is 0.466 e. The van der Waals surface area contributed by atoms with Crippen LogP contribution >= 0.6 is 11.3 Å². The highest BCUT2D eigenvalue weighted by Crippen LogP contribution is 2.54. The molecule has 0 amide bonds. The zero-order chi connectivity index (χ0) is 14.7. The van der Waals surface area contributed by atoms with Crippen LogP contribution in [0.25, 0.3) is 0 Å². The van der Waals surface area contributed by atoms with Gasteiger partial charge in [0.15, 0.2) is 0 Å². The van der Waals surface area contributed by atoms with Crippen LogP contribution in [0, 0.1) is 0 Å². The fourth-order valence-corrected chi connectivity index (χ4v) is 3.75. The lowest BCUT2D eigenvalue weighted by Gasteiger charge is -2.12. The number of rotatable bonds is 6. The maximum atomic E-state index is 11.4. The molecular formula is C17H19NO2S. The van der Waals surface area contributed by atoms with E-state index >= 15 is 0 Å². The normalized spacial score (nSPS) is 15.7. The molecule has 0 bridgehead atoms. The van der Waals surface area contributed by atoms with E-state index in [1.165, 1.54) is 23.4 Å². The van der Waals surface area contributed by atoms with Crippen LogP contribution in [0.5, 0.6) is 0 Å². The number of hydrogen-bond donors (Lipinski definition) is 0. The molecule has 2 aromatic rings. The van der Waals surface area contributed by atoms with Crippen molar-refractivity contribution < 1.29 is 9.53 Å². The van der Waals surface area contributed by atoms with E-state index < -0.39 is 0 Å². The Labute approximate surface area is 129 Å². The number of ether oxygens (including phenoxy) is 1. The van der Waals surface area contributed by atoms with Crippen molar-refractivity contribution in [1.82, 2.24) is 4.98 Å². The van der Waals surface area contributed by atoms with E-state index in [0.717, 1.165) is 5.69 Å². The van der Waals surface area contributed by atoms with Crippen molar-refractivity contribution in [1.29, 1.82) is 0 Å². The number of carbonyl (C=O) groups is 1. The van der Waals surface area contributed by atoms with Gasteiger partial charge in [-0.15, -0.1) is 11.3 Å². The van der Waals surface area contributed by atoms with Gasteiger partial charge in [0.1, 0.15) is 5.01 Å². The summed E-state index contributed by atoms with van der Waals surface area (Å²) in [5.74, 6) is -0.142. The second kappa shape index (κ2) is 5.98. The average Bonchev–Trinajstić information content (AvgIpc) is 3.19. The first kappa shape index (κ1) is 14.3. The van der Waals surface area contributed by atoms with Crippen molar-refractivity contribution in [2.24, 2.45) is 0 Å². The summed E-state index contributed by atoms with van der Waals surface area (Å²) in [7, 11) is 0. The third-order valence-electron chi connectivity index (χ3n) is 3.93. The van der Waals surface area contributed by atoms with Gasteiger partial charge >= 0.3 is 5.97 Å². The Balaban J connectivity index is 1.69. The minimum atomic E-state index is -0.142. The number of nitrogens with zero attached hydrogens (tertiary/aromatic N) is 1. The predicted octanol–water partition coefficient (Wildman–Crippen LogP) is 3.72. The summed E-state index contributed by atoms with van der Waals surface area (Å²) in [5, 5.41) is 3.27. The van der Waals surface area contributed by atoms with Crippen LogP contribution in [-0.4, -0.2) is 17.6 Å². The Kier molecular flexibility index (Phi) is 4.06. The molecule has 4 heteroatoms. The lowest BCUT2D eigenvalue weighted by Crippen LogP contribution is -2.09. The van der Waals surface area contributed by atoms with Crippen LogP contribution in [-0.2, 0) is 21.4 Å². The monoisotopic (exact) mass is 301 g/mol. The van der Waals surface area contributed by atoms with E-state index in [1.54, 1.807) is 11.3 Å². The zero-order valence-corrected chi connectivity index (χ0v) is 13.0. The molecule has 1 aromatic heterocycles. The number of carbonyl (C=O) groups excluding carboxylic acids is 1. The van der Waals surface area contributed by atoms with Gasteiger partial charge < -0.3 is 4.74 Å². The highest BCUT2D eigenvalue weighted by atomic mass is 32.1. The molecule has 1 aliphatic carbocycles. The molecule has 3 rings (SSSR count). The van der Waals surface area contributed by atoms with Crippen molar-refractivity contribution in [3.63, 3.8) is 0 Å². The Hall–Kier alpha value is -1.68. The highest BCUT2D eigenvalue weighted by molar-refractivity contribution is 7.09. The molecule has 0 atom stereocenters. The molecular weight excluding hydrogens is 282 g/mol. The Morgan fingerprint density at radius 3 is 2.76 bits per heavy atom. The van der Waals surface area contributed by atoms with Crippen LogP contribution in [0.3, 0.4) is 0 Å². The third-order valence-corrected chi connectivity index (χ3v) is 5.02. The van der Waals surface area contributed by atoms with Crippen LogP contribution in [0.2, 0.25) is 0 Å². The number of aryl methyl sites for hydroxylation is 1. The molecule has 0 unspecified atom stereocenters. The maximum absolute atomic E-state index is 11.4. The van der Waals surface area contributed by atoms with Gasteiger partial charge in [-0.1, -0.05) is 30.3 Å². The minimum Gasteiger partial charge on any atom is -0.466 e. The first-order valence-corrected chi connectivity index (χ1v) is 8.28. The molecule has 21 heavy (non-hydrogen) atoms. The molecule has 1 fully saturated rings. The second-order valence-electron chi connectivity index (χ2n) is 5.40. The van der Waals surface area contributed by atoms with Crippen LogP contribution in [0.4, 0.5) is 0 Å². The summed E-state index contributed by atoms with van der Waals surface area (Å²) in [6, 6.07) is 10.6. The van der Waals surface area contributed by atoms with Crippen molar-refractivity contribution in [2.75, 3.05) is 6.61 Å². The predicted molar refractivity (Wildman–Crippen MR) is 83.5 cm³/mol. The number of esters is 1. The highest BCUT2D eigenvalue weighted by Gasteiger charge is 2.48. The van der Waals surface area contributed by atoms with Gasteiger partial charge in [-0.3, -0.25) is 4.79 Å². The van der Waals surface area contributed by atoms with Gasteiger partial charge in [-0.05, 0) is 25.3 Å². The lowest BCUT2D eigenvalue weighted by molar-refractivity contribution is -0.143. The Morgan fingerprint density at radius 1 is 1.33 bits per heavy atom. The van der Waals surface area contributed by atoms with E-state index in [2.05, 4.69) is 29.6 Å². The van der Waals surface area contributed by atoms with Crippen molar-refractivity contribution in [2.45, 2.75) is 38.0 Å². The summed E-state index contributed by atoms with van der Waals surface area (Å²) in [4.78, 5) is 16.2. The molecule has 110 valence electrons. The van der Waals surface area contributed by atoms with Crippen molar-refractivity contribution in [3.05, 3.63) is 52.0 Å². The Morgan fingerprint density at radius 2 is 2.10 bits per heavy atom. The first-order chi connectivity index (χ1) is 10.2. The van der Waals surface area contributed by atoms with Gasteiger partial charge in [0.25, 0.3) is 0 Å². The summed E-state index contributed by atoms with van der Waals surface area (Å²) >= 11 is 1.72. The van der Waals surface area contributed by atoms with Gasteiger partial charge in [0.05, 0.1) is 18.7 Å². The molecule has 1 aromatic carbocycles. The van der Waals surface area contributed by atoms with Crippen LogP contribution in [0.15, 0.2) is 35.7 Å². The summed E-state index contributed by atoms with van der Waals surface area (Å²) in [6.07, 6.45) is 3.42. The molecule has 0 radical (unpaired) electrons. The number of aromatic nitrogens is 1. The van der Waals surface area contributed by atoms with Crippen molar-refractivity contribution >= 4 is 17.3 Å². The van der Waals surface area contributed by atoms with E-state index in [-0.39, 0.29) is 11.4 Å². The van der Waals surface area contributed by atoms with Gasteiger partial charge in [0, 0.05) is 17.2 Å².